The lowest BCUT2D eigenvalue weighted by Gasteiger charge is -2.32. The lowest BCUT2D eigenvalue weighted by molar-refractivity contribution is 0.00578. The molecule has 2 rings (SSSR count). The molecule has 1 heterocycles. The van der Waals surface area contributed by atoms with Crippen LogP contribution in [0.15, 0.2) is 28.1 Å². The van der Waals surface area contributed by atoms with Crippen LogP contribution in [0.25, 0.3) is 6.08 Å². The van der Waals surface area contributed by atoms with Crippen LogP contribution in [0.5, 0.6) is 0 Å². The Morgan fingerprint density at radius 2 is 1.86 bits per heavy atom. The van der Waals surface area contributed by atoms with Gasteiger partial charge in [0.05, 0.1) is 11.2 Å². The Kier molecular flexibility index (Phi) is 5.21. The third-order valence-electron chi connectivity index (χ3n) is 4.04. The fourth-order valence-electron chi connectivity index (χ4n) is 2.01. The average molecular weight is 390 g/mol. The molecule has 0 saturated carbocycles. The Bertz CT molecular complexity index is 559. The van der Waals surface area contributed by atoms with Crippen molar-refractivity contribution in [2.75, 3.05) is 5.75 Å². The molecule has 0 atom stereocenters. The van der Waals surface area contributed by atoms with E-state index in [1.165, 1.54) is 0 Å². The number of hydrogen-bond acceptors (Lipinski definition) is 3. The molecule has 21 heavy (non-hydrogen) atoms. The van der Waals surface area contributed by atoms with Crippen LogP contribution in [0.4, 0.5) is 0 Å². The maximum atomic E-state index is 6.07. The topological polar surface area (TPSA) is 18.5 Å². The van der Waals surface area contributed by atoms with E-state index in [1.807, 2.05) is 52.0 Å². The molecule has 1 fully saturated rings. The highest BCUT2D eigenvalue weighted by Gasteiger charge is 2.52. The summed E-state index contributed by atoms with van der Waals surface area (Å²) in [5.41, 5.74) is 1.25. The molecule has 0 bridgehead atoms. The van der Waals surface area contributed by atoms with Gasteiger partial charge < -0.3 is 9.31 Å². The van der Waals surface area contributed by atoms with Gasteiger partial charge in [-0.2, -0.15) is 12.6 Å². The monoisotopic (exact) mass is 388 g/mol. The highest BCUT2D eigenvalue weighted by molar-refractivity contribution is 9.10. The van der Waals surface area contributed by atoms with Gasteiger partial charge in [-0.05, 0) is 56.9 Å². The van der Waals surface area contributed by atoms with Crippen molar-refractivity contribution in [1.82, 2.24) is 0 Å². The van der Waals surface area contributed by atoms with Crippen LogP contribution in [-0.2, 0) is 9.31 Å². The highest BCUT2D eigenvalue weighted by atomic mass is 79.9. The van der Waals surface area contributed by atoms with E-state index in [1.54, 1.807) is 0 Å². The second-order valence-corrected chi connectivity index (χ2v) is 7.74. The summed E-state index contributed by atoms with van der Waals surface area (Å²) in [7, 11) is -0.390. The molecule has 0 aromatic heterocycles. The normalized spacial score (nSPS) is 20.9. The zero-order valence-electron chi connectivity index (χ0n) is 12.6. The molecule has 6 heteroatoms. The van der Waals surface area contributed by atoms with E-state index in [2.05, 4.69) is 28.6 Å². The quantitative estimate of drug-likeness (QED) is 0.576. The molecule has 2 nitrogen and oxygen atoms in total. The predicted molar refractivity (Wildman–Crippen MR) is 97.1 cm³/mol. The second kappa shape index (κ2) is 6.28. The molecule has 0 N–H and O–H groups in total. The Labute approximate surface area is 145 Å². The minimum absolute atomic E-state index is 0.356. The summed E-state index contributed by atoms with van der Waals surface area (Å²) in [6, 6.07) is 5.67. The summed E-state index contributed by atoms with van der Waals surface area (Å²) in [5.74, 6) is 0.551. The Hall–Kier alpha value is 0.0649. The van der Waals surface area contributed by atoms with Crippen LogP contribution in [-0.4, -0.2) is 24.1 Å². The standard InChI is InChI=1S/C15H19BBrClO2S/c1-14(2)15(3,4)20-16(19-14)11(9-21)7-10-8-12(18)5-6-13(10)17/h5-8,21H,9H2,1-4H3. The van der Waals surface area contributed by atoms with Crippen LogP contribution in [0, 0.1) is 0 Å². The van der Waals surface area contributed by atoms with Crippen LogP contribution in [0.1, 0.15) is 33.3 Å². The van der Waals surface area contributed by atoms with Crippen LogP contribution >= 0.6 is 40.2 Å². The summed E-state index contributed by atoms with van der Waals surface area (Å²) >= 11 is 14.0. The second-order valence-electron chi connectivity index (χ2n) is 6.13. The van der Waals surface area contributed by atoms with Gasteiger partial charge >= 0.3 is 7.12 Å². The van der Waals surface area contributed by atoms with Crippen molar-refractivity contribution in [2.45, 2.75) is 38.9 Å². The van der Waals surface area contributed by atoms with E-state index in [4.69, 9.17) is 20.9 Å². The van der Waals surface area contributed by atoms with Crippen molar-refractivity contribution in [1.29, 1.82) is 0 Å². The van der Waals surface area contributed by atoms with Crippen LogP contribution < -0.4 is 0 Å². The molecule has 0 amide bonds. The van der Waals surface area contributed by atoms with Gasteiger partial charge in [0, 0.05) is 15.2 Å². The molecule has 0 aliphatic carbocycles. The van der Waals surface area contributed by atoms with Crippen molar-refractivity contribution in [3.8, 4) is 0 Å². The molecule has 0 spiro atoms. The average Bonchev–Trinajstić information content (AvgIpc) is 2.59. The molecule has 0 radical (unpaired) electrons. The summed E-state index contributed by atoms with van der Waals surface area (Å²) in [4.78, 5) is 0. The van der Waals surface area contributed by atoms with Crippen molar-refractivity contribution in [3.05, 3.63) is 38.7 Å². The van der Waals surface area contributed by atoms with Gasteiger partial charge in [-0.1, -0.05) is 33.6 Å². The van der Waals surface area contributed by atoms with Crippen molar-refractivity contribution < 1.29 is 9.31 Å². The summed E-state index contributed by atoms with van der Waals surface area (Å²) in [6.45, 7) is 8.16. The first-order chi connectivity index (χ1) is 9.66. The maximum Gasteiger partial charge on any atom is 0.491 e. The minimum atomic E-state index is -0.390. The van der Waals surface area contributed by atoms with Gasteiger partial charge in [-0.3, -0.25) is 0 Å². The Balaban J connectivity index is 2.33. The third kappa shape index (κ3) is 3.70. The predicted octanol–water partition coefficient (Wildman–Crippen LogP) is 5.05. The van der Waals surface area contributed by atoms with Gasteiger partial charge in [0.25, 0.3) is 0 Å². The van der Waals surface area contributed by atoms with Gasteiger partial charge in [0.1, 0.15) is 0 Å². The van der Waals surface area contributed by atoms with Crippen molar-refractivity contribution in [2.24, 2.45) is 0 Å². The van der Waals surface area contributed by atoms with E-state index >= 15 is 0 Å². The van der Waals surface area contributed by atoms with E-state index in [0.29, 0.717) is 10.8 Å². The first-order valence-electron chi connectivity index (χ1n) is 6.78. The molecule has 1 saturated heterocycles. The summed E-state index contributed by atoms with van der Waals surface area (Å²) < 4.78 is 13.1. The smallest absolute Gasteiger partial charge is 0.400 e. The summed E-state index contributed by atoms with van der Waals surface area (Å²) in [6.07, 6.45) is 2.02. The summed E-state index contributed by atoms with van der Waals surface area (Å²) in [5, 5.41) is 0.692. The molecule has 0 unspecified atom stereocenters. The number of thiol groups is 1. The molecule has 1 aliphatic rings. The van der Waals surface area contributed by atoms with E-state index in [-0.39, 0.29) is 11.2 Å². The molecule has 114 valence electrons. The number of benzene rings is 1. The number of halogens is 2. The number of hydrogen-bond donors (Lipinski definition) is 1. The molecule has 1 aliphatic heterocycles. The fraction of sp³-hybridized carbons (Fsp3) is 0.467. The minimum Gasteiger partial charge on any atom is -0.400 e. The van der Waals surface area contributed by atoms with Gasteiger partial charge in [-0.15, -0.1) is 0 Å². The molecule has 1 aromatic carbocycles. The zero-order chi connectivity index (χ0) is 15.8. The largest absolute Gasteiger partial charge is 0.491 e. The lowest BCUT2D eigenvalue weighted by Crippen LogP contribution is -2.41. The van der Waals surface area contributed by atoms with Crippen molar-refractivity contribution >= 4 is 53.4 Å². The zero-order valence-corrected chi connectivity index (χ0v) is 15.8. The van der Waals surface area contributed by atoms with Gasteiger partial charge in [-0.25, -0.2) is 0 Å². The Morgan fingerprint density at radius 1 is 1.29 bits per heavy atom. The van der Waals surface area contributed by atoms with E-state index in [0.717, 1.165) is 15.5 Å². The fourth-order valence-corrected chi connectivity index (χ4v) is 2.79. The van der Waals surface area contributed by atoms with Crippen LogP contribution in [0.2, 0.25) is 5.02 Å². The van der Waals surface area contributed by atoms with Crippen molar-refractivity contribution in [3.63, 3.8) is 0 Å². The third-order valence-corrected chi connectivity index (χ3v) is 5.36. The first kappa shape index (κ1) is 17.4. The first-order valence-corrected chi connectivity index (χ1v) is 8.58. The van der Waals surface area contributed by atoms with E-state index in [9.17, 15) is 0 Å². The van der Waals surface area contributed by atoms with Gasteiger partial charge in [0.2, 0.25) is 0 Å². The van der Waals surface area contributed by atoms with E-state index < -0.39 is 7.12 Å². The number of rotatable bonds is 3. The highest BCUT2D eigenvalue weighted by Crippen LogP contribution is 2.39. The van der Waals surface area contributed by atoms with Gasteiger partial charge in [0.15, 0.2) is 0 Å². The molecule has 1 aromatic rings. The Morgan fingerprint density at radius 3 is 2.38 bits per heavy atom. The SMILES string of the molecule is CC1(C)OB(C(=Cc2cc(Cl)ccc2Br)CS)OC1(C)C. The van der Waals surface area contributed by atoms with Crippen LogP contribution in [0.3, 0.4) is 0 Å². The maximum absolute atomic E-state index is 6.07. The lowest BCUT2D eigenvalue weighted by atomic mass is 9.78. The molecular weight excluding hydrogens is 370 g/mol. The molecular formula is C15H19BBrClO2S.